The maximum atomic E-state index is 12.7. The predicted molar refractivity (Wildman–Crippen MR) is 137 cm³/mol. The van der Waals surface area contributed by atoms with Crippen molar-refractivity contribution < 1.29 is 19.1 Å². The molecule has 1 aromatic carbocycles. The standard InChI is InChI=1S/C27H27BrN4O4/c1-3-23(33)36-27(11-12-27)16-35-24(34)10-8-21-26-30-15-17(2)32(26)22-9-7-18(28)14-19(22)25(31-21)20-6-4-5-13-29-20/h4-7,9,13-15,21H,3,8,10-12,16H2,1-2H3/t21-/m0/s1. The third-order valence-electron chi connectivity index (χ3n) is 6.46. The summed E-state index contributed by atoms with van der Waals surface area (Å²) in [6.07, 6.45) is 5.89. The first-order valence-corrected chi connectivity index (χ1v) is 12.9. The second-order valence-corrected chi connectivity index (χ2v) is 10.1. The van der Waals surface area contributed by atoms with Crippen molar-refractivity contribution in [3.05, 3.63) is 76.0 Å². The molecule has 8 nitrogen and oxygen atoms in total. The Kier molecular flexibility index (Phi) is 6.75. The summed E-state index contributed by atoms with van der Waals surface area (Å²) in [5.41, 5.74) is 3.74. The Hall–Kier alpha value is -3.33. The van der Waals surface area contributed by atoms with Gasteiger partial charge in [0.05, 0.1) is 17.1 Å². The first-order valence-electron chi connectivity index (χ1n) is 12.1. The summed E-state index contributed by atoms with van der Waals surface area (Å²) in [4.78, 5) is 38.7. The van der Waals surface area contributed by atoms with Crippen LogP contribution in [0.15, 0.2) is 58.3 Å². The van der Waals surface area contributed by atoms with E-state index in [0.717, 1.165) is 51.5 Å². The molecule has 1 aliphatic heterocycles. The first kappa shape index (κ1) is 24.4. The Morgan fingerprint density at radius 2 is 2.00 bits per heavy atom. The zero-order chi connectivity index (χ0) is 25.3. The third-order valence-corrected chi connectivity index (χ3v) is 6.95. The van der Waals surface area contributed by atoms with Crippen LogP contribution in [0.25, 0.3) is 5.69 Å². The van der Waals surface area contributed by atoms with Gasteiger partial charge in [-0.1, -0.05) is 28.9 Å². The highest BCUT2D eigenvalue weighted by Crippen LogP contribution is 2.40. The van der Waals surface area contributed by atoms with Crippen LogP contribution in [-0.2, 0) is 19.1 Å². The van der Waals surface area contributed by atoms with Gasteiger partial charge in [-0.2, -0.15) is 0 Å². The van der Waals surface area contributed by atoms with E-state index < -0.39 is 5.60 Å². The quantitative estimate of drug-likeness (QED) is 0.364. The van der Waals surface area contributed by atoms with Gasteiger partial charge in [-0.05, 0) is 56.5 Å². The van der Waals surface area contributed by atoms with Crippen molar-refractivity contribution in [1.82, 2.24) is 14.5 Å². The van der Waals surface area contributed by atoms with Crippen molar-refractivity contribution in [3.8, 4) is 5.69 Å². The minimum Gasteiger partial charge on any atom is -0.461 e. The number of aryl methyl sites for hydroxylation is 1. The number of fused-ring (bicyclic) bond motifs is 3. The maximum Gasteiger partial charge on any atom is 0.306 e. The number of aliphatic imine (C=N–C) groups is 1. The van der Waals surface area contributed by atoms with Gasteiger partial charge in [-0.15, -0.1) is 0 Å². The second-order valence-electron chi connectivity index (χ2n) is 9.17. The van der Waals surface area contributed by atoms with E-state index in [0.29, 0.717) is 12.8 Å². The lowest BCUT2D eigenvalue weighted by molar-refractivity contribution is -0.161. The number of aromatic nitrogens is 3. The number of carbonyl (C=O) groups is 2. The van der Waals surface area contributed by atoms with Crippen LogP contribution in [0.2, 0.25) is 0 Å². The smallest absolute Gasteiger partial charge is 0.306 e. The lowest BCUT2D eigenvalue weighted by Crippen LogP contribution is -2.26. The number of halogens is 1. The lowest BCUT2D eigenvalue weighted by Gasteiger charge is -2.17. The largest absolute Gasteiger partial charge is 0.461 e. The fraction of sp³-hybridized carbons (Fsp3) is 0.370. The summed E-state index contributed by atoms with van der Waals surface area (Å²) in [6, 6.07) is 11.4. The highest BCUT2D eigenvalue weighted by atomic mass is 79.9. The van der Waals surface area contributed by atoms with E-state index in [1.54, 1.807) is 13.1 Å². The summed E-state index contributed by atoms with van der Waals surface area (Å²) in [5, 5.41) is 0. The number of carbonyl (C=O) groups excluding carboxylic acids is 2. The molecule has 9 heteroatoms. The number of benzene rings is 1. The van der Waals surface area contributed by atoms with E-state index in [1.165, 1.54) is 0 Å². The molecular weight excluding hydrogens is 524 g/mol. The molecule has 0 unspecified atom stereocenters. The van der Waals surface area contributed by atoms with Gasteiger partial charge < -0.3 is 9.47 Å². The molecule has 0 bridgehead atoms. The number of hydrogen-bond acceptors (Lipinski definition) is 7. The summed E-state index contributed by atoms with van der Waals surface area (Å²) in [6.45, 7) is 3.85. The molecule has 5 rings (SSSR count). The Morgan fingerprint density at radius 3 is 2.72 bits per heavy atom. The van der Waals surface area contributed by atoms with Crippen LogP contribution in [0, 0.1) is 6.92 Å². The number of nitrogens with zero attached hydrogens (tertiary/aromatic N) is 4. The van der Waals surface area contributed by atoms with Gasteiger partial charge in [-0.25, -0.2) is 4.98 Å². The minimum atomic E-state index is -0.641. The SMILES string of the molecule is CCC(=O)OC1(COC(=O)CC[C@@H]2N=C(c3ccccn3)c3cc(Br)ccc3-n3c(C)cnc32)CC1. The molecule has 0 N–H and O–H groups in total. The highest BCUT2D eigenvalue weighted by molar-refractivity contribution is 9.10. The van der Waals surface area contributed by atoms with Crippen LogP contribution in [0.5, 0.6) is 0 Å². The summed E-state index contributed by atoms with van der Waals surface area (Å²) >= 11 is 3.59. The Morgan fingerprint density at radius 1 is 1.17 bits per heavy atom. The Balaban J connectivity index is 1.40. The van der Waals surface area contributed by atoms with Crippen molar-refractivity contribution >= 4 is 33.6 Å². The molecule has 0 saturated heterocycles. The molecule has 0 amide bonds. The average Bonchev–Trinajstić information content (AvgIpc) is 3.57. The van der Waals surface area contributed by atoms with Gasteiger partial charge in [0.25, 0.3) is 0 Å². The lowest BCUT2D eigenvalue weighted by atomic mass is 10.0. The molecule has 3 aromatic rings. The van der Waals surface area contributed by atoms with E-state index in [2.05, 4.69) is 30.5 Å². The van der Waals surface area contributed by atoms with Crippen LogP contribution in [0.4, 0.5) is 0 Å². The van der Waals surface area contributed by atoms with Crippen molar-refractivity contribution in [1.29, 1.82) is 0 Å². The zero-order valence-electron chi connectivity index (χ0n) is 20.2. The molecule has 1 fully saturated rings. The van der Waals surface area contributed by atoms with Gasteiger partial charge in [0.1, 0.15) is 24.1 Å². The van der Waals surface area contributed by atoms with Crippen LogP contribution >= 0.6 is 15.9 Å². The highest BCUT2D eigenvalue weighted by Gasteiger charge is 2.48. The fourth-order valence-corrected chi connectivity index (χ4v) is 4.71. The average molecular weight is 551 g/mol. The van der Waals surface area contributed by atoms with Crippen LogP contribution in [-0.4, -0.2) is 44.4 Å². The molecule has 0 radical (unpaired) electrons. The molecule has 2 aromatic heterocycles. The van der Waals surface area contributed by atoms with Gasteiger partial charge in [0.2, 0.25) is 0 Å². The molecule has 3 heterocycles. The monoisotopic (exact) mass is 550 g/mol. The van der Waals surface area contributed by atoms with Gasteiger partial charge in [-0.3, -0.25) is 24.1 Å². The summed E-state index contributed by atoms with van der Waals surface area (Å²) < 4.78 is 14.0. The van der Waals surface area contributed by atoms with E-state index in [9.17, 15) is 9.59 Å². The number of rotatable bonds is 8. The third kappa shape index (κ3) is 4.97. The summed E-state index contributed by atoms with van der Waals surface area (Å²) in [7, 11) is 0. The van der Waals surface area contributed by atoms with Gasteiger partial charge >= 0.3 is 11.9 Å². The zero-order valence-corrected chi connectivity index (χ0v) is 21.8. The van der Waals surface area contributed by atoms with E-state index >= 15 is 0 Å². The van der Waals surface area contributed by atoms with Gasteiger partial charge in [0, 0.05) is 41.0 Å². The maximum absolute atomic E-state index is 12.7. The molecule has 186 valence electrons. The number of hydrogen-bond donors (Lipinski definition) is 0. The molecule has 1 saturated carbocycles. The van der Waals surface area contributed by atoms with Crippen molar-refractivity contribution in [2.24, 2.45) is 4.99 Å². The molecule has 0 spiro atoms. The number of ether oxygens (including phenoxy) is 2. The number of imidazole rings is 1. The van der Waals surface area contributed by atoms with E-state index in [4.69, 9.17) is 14.5 Å². The molecule has 2 aliphatic rings. The normalized spacial score (nSPS) is 17.3. The number of esters is 2. The van der Waals surface area contributed by atoms with Crippen molar-refractivity contribution in [3.63, 3.8) is 0 Å². The van der Waals surface area contributed by atoms with Crippen molar-refractivity contribution in [2.45, 2.75) is 57.6 Å². The van der Waals surface area contributed by atoms with Crippen molar-refractivity contribution in [2.75, 3.05) is 6.61 Å². The number of pyridine rings is 1. The predicted octanol–water partition coefficient (Wildman–Crippen LogP) is 5.04. The van der Waals surface area contributed by atoms with E-state index in [-0.39, 0.29) is 31.0 Å². The topological polar surface area (TPSA) is 95.7 Å². The Labute approximate surface area is 217 Å². The molecule has 1 aliphatic carbocycles. The first-order chi connectivity index (χ1) is 17.4. The van der Waals surface area contributed by atoms with Gasteiger partial charge in [0.15, 0.2) is 0 Å². The summed E-state index contributed by atoms with van der Waals surface area (Å²) in [5.74, 6) is 0.153. The molecule has 1 atom stereocenters. The minimum absolute atomic E-state index is 0.0951. The molecular formula is C27H27BrN4O4. The van der Waals surface area contributed by atoms with E-state index in [1.807, 2.05) is 49.5 Å². The molecule has 36 heavy (non-hydrogen) atoms. The Bertz CT molecular complexity index is 1330. The fourth-order valence-electron chi connectivity index (χ4n) is 4.35. The van der Waals surface area contributed by atoms with Crippen LogP contribution in [0.1, 0.15) is 67.8 Å². The second kappa shape index (κ2) is 9.97. The van der Waals surface area contributed by atoms with Crippen LogP contribution in [0.3, 0.4) is 0 Å². The van der Waals surface area contributed by atoms with Crippen LogP contribution < -0.4 is 0 Å².